The predicted octanol–water partition coefficient (Wildman–Crippen LogP) is 1.05. The molecule has 0 bridgehead atoms. The number of carboxylic acids is 1. The van der Waals surface area contributed by atoms with Crippen molar-refractivity contribution in [3.8, 4) is 6.07 Å². The van der Waals surface area contributed by atoms with E-state index in [-0.39, 0.29) is 11.4 Å². The lowest BCUT2D eigenvalue weighted by Crippen LogP contribution is -2.06. The molecule has 19 heavy (non-hydrogen) atoms. The van der Waals surface area contributed by atoms with E-state index in [0.29, 0.717) is 12.5 Å². The van der Waals surface area contributed by atoms with Crippen LogP contribution in [0.25, 0.3) is 0 Å². The standard InChI is InChI=1S/C12H9N5O2/c13-5-9-3-4-14-12(17-9)16-7-8-1-2-10(11(18)19)15-6-8/h1-4,6H,7H2,(H,18,19)(H,14,16,17). The third-order valence-corrected chi connectivity index (χ3v) is 2.26. The number of anilines is 1. The topological polar surface area (TPSA) is 112 Å². The average molecular weight is 255 g/mol. The summed E-state index contributed by atoms with van der Waals surface area (Å²) in [7, 11) is 0. The van der Waals surface area contributed by atoms with E-state index in [1.54, 1.807) is 6.07 Å². The Labute approximate surface area is 108 Å². The van der Waals surface area contributed by atoms with E-state index in [0.717, 1.165) is 5.56 Å². The highest BCUT2D eigenvalue weighted by molar-refractivity contribution is 5.85. The van der Waals surface area contributed by atoms with Crippen LogP contribution in [0, 0.1) is 11.3 Å². The molecule has 0 amide bonds. The number of hydrogen-bond acceptors (Lipinski definition) is 6. The number of rotatable bonds is 4. The minimum Gasteiger partial charge on any atom is -0.477 e. The van der Waals surface area contributed by atoms with Gasteiger partial charge in [-0.15, -0.1) is 0 Å². The van der Waals surface area contributed by atoms with Gasteiger partial charge in [0.25, 0.3) is 0 Å². The third kappa shape index (κ3) is 3.23. The number of nitrogens with one attached hydrogen (secondary N) is 1. The summed E-state index contributed by atoms with van der Waals surface area (Å²) in [5, 5.41) is 20.3. The van der Waals surface area contributed by atoms with Crippen LogP contribution in [-0.2, 0) is 6.54 Å². The van der Waals surface area contributed by atoms with Crippen molar-refractivity contribution in [2.75, 3.05) is 5.32 Å². The number of aromatic carboxylic acids is 1. The summed E-state index contributed by atoms with van der Waals surface area (Å²) < 4.78 is 0. The first-order chi connectivity index (χ1) is 9.19. The van der Waals surface area contributed by atoms with Crippen molar-refractivity contribution in [2.45, 2.75) is 6.54 Å². The molecule has 7 nitrogen and oxygen atoms in total. The maximum atomic E-state index is 10.6. The number of carboxylic acid groups (broad SMARTS) is 1. The van der Waals surface area contributed by atoms with E-state index in [9.17, 15) is 4.79 Å². The molecule has 0 saturated carbocycles. The highest BCUT2D eigenvalue weighted by Crippen LogP contribution is 2.04. The first kappa shape index (κ1) is 12.4. The molecule has 0 aliphatic heterocycles. The van der Waals surface area contributed by atoms with Crippen LogP contribution < -0.4 is 5.32 Å². The Balaban J connectivity index is 2.02. The Morgan fingerprint density at radius 2 is 2.21 bits per heavy atom. The molecule has 0 unspecified atom stereocenters. The lowest BCUT2D eigenvalue weighted by Gasteiger charge is -2.04. The number of nitriles is 1. The summed E-state index contributed by atoms with van der Waals surface area (Å²) >= 11 is 0. The van der Waals surface area contributed by atoms with Gasteiger partial charge < -0.3 is 10.4 Å². The van der Waals surface area contributed by atoms with E-state index >= 15 is 0 Å². The van der Waals surface area contributed by atoms with Crippen LogP contribution in [0.1, 0.15) is 21.7 Å². The number of nitrogens with zero attached hydrogens (tertiary/aromatic N) is 4. The van der Waals surface area contributed by atoms with Gasteiger partial charge in [0.1, 0.15) is 17.5 Å². The highest BCUT2D eigenvalue weighted by atomic mass is 16.4. The summed E-state index contributed by atoms with van der Waals surface area (Å²) in [6.45, 7) is 0.391. The fourth-order valence-electron chi connectivity index (χ4n) is 1.34. The van der Waals surface area contributed by atoms with Crippen molar-refractivity contribution in [2.24, 2.45) is 0 Å². The Hall–Kier alpha value is -3.01. The number of aromatic nitrogens is 3. The minimum absolute atomic E-state index is 0.00789. The zero-order chi connectivity index (χ0) is 13.7. The van der Waals surface area contributed by atoms with E-state index in [1.807, 2.05) is 6.07 Å². The van der Waals surface area contributed by atoms with Crippen LogP contribution in [0.2, 0.25) is 0 Å². The van der Waals surface area contributed by atoms with Gasteiger partial charge in [-0.1, -0.05) is 6.07 Å². The largest absolute Gasteiger partial charge is 0.477 e. The normalized spacial score (nSPS) is 9.63. The molecule has 0 aliphatic rings. The second-order valence-electron chi connectivity index (χ2n) is 3.59. The zero-order valence-corrected chi connectivity index (χ0v) is 9.74. The Bertz CT molecular complexity index is 633. The number of carbonyl (C=O) groups is 1. The van der Waals surface area contributed by atoms with Gasteiger partial charge in [0.2, 0.25) is 5.95 Å². The second-order valence-corrected chi connectivity index (χ2v) is 3.59. The van der Waals surface area contributed by atoms with Gasteiger partial charge in [-0.05, 0) is 17.7 Å². The predicted molar refractivity (Wildman–Crippen MR) is 65.3 cm³/mol. The van der Waals surface area contributed by atoms with Crippen molar-refractivity contribution in [1.29, 1.82) is 5.26 Å². The first-order valence-corrected chi connectivity index (χ1v) is 5.34. The molecule has 0 aromatic carbocycles. The number of hydrogen-bond donors (Lipinski definition) is 2. The van der Waals surface area contributed by atoms with Crippen LogP contribution in [0.4, 0.5) is 5.95 Å². The summed E-state index contributed by atoms with van der Waals surface area (Å²) in [6, 6.07) is 6.50. The van der Waals surface area contributed by atoms with Gasteiger partial charge in [-0.3, -0.25) is 0 Å². The lowest BCUT2D eigenvalue weighted by molar-refractivity contribution is 0.0690. The van der Waals surface area contributed by atoms with Gasteiger partial charge in [0, 0.05) is 18.9 Å². The van der Waals surface area contributed by atoms with Gasteiger partial charge >= 0.3 is 5.97 Å². The van der Waals surface area contributed by atoms with Gasteiger partial charge in [-0.25, -0.2) is 19.7 Å². The van der Waals surface area contributed by atoms with Gasteiger partial charge in [0.05, 0.1) is 0 Å². The smallest absolute Gasteiger partial charge is 0.354 e. The molecule has 2 heterocycles. The lowest BCUT2D eigenvalue weighted by atomic mass is 10.2. The molecule has 0 fully saturated rings. The summed E-state index contributed by atoms with van der Waals surface area (Å²) in [5.41, 5.74) is 1.05. The SMILES string of the molecule is N#Cc1ccnc(NCc2ccc(C(=O)O)nc2)n1. The maximum Gasteiger partial charge on any atom is 0.354 e. The Morgan fingerprint density at radius 1 is 1.37 bits per heavy atom. The summed E-state index contributed by atoms with van der Waals surface area (Å²) in [4.78, 5) is 22.3. The van der Waals surface area contributed by atoms with Crippen molar-refractivity contribution in [1.82, 2.24) is 15.0 Å². The van der Waals surface area contributed by atoms with E-state index in [4.69, 9.17) is 10.4 Å². The van der Waals surface area contributed by atoms with Gasteiger partial charge in [-0.2, -0.15) is 5.26 Å². The molecule has 94 valence electrons. The molecule has 2 N–H and O–H groups in total. The molecule has 0 aliphatic carbocycles. The van der Waals surface area contributed by atoms with Crippen molar-refractivity contribution in [3.05, 3.63) is 47.5 Å². The minimum atomic E-state index is -1.07. The monoisotopic (exact) mass is 255 g/mol. The summed E-state index contributed by atoms with van der Waals surface area (Å²) in [5.74, 6) is -0.731. The molecule has 2 aromatic heterocycles. The number of pyridine rings is 1. The summed E-state index contributed by atoms with van der Waals surface area (Å²) in [6.07, 6.45) is 2.95. The molecule has 0 saturated heterocycles. The second kappa shape index (κ2) is 5.55. The van der Waals surface area contributed by atoms with E-state index in [1.165, 1.54) is 24.5 Å². The van der Waals surface area contributed by atoms with Crippen LogP contribution in [0.5, 0.6) is 0 Å². The fourth-order valence-corrected chi connectivity index (χ4v) is 1.34. The van der Waals surface area contributed by atoms with E-state index in [2.05, 4.69) is 20.3 Å². The Morgan fingerprint density at radius 3 is 2.84 bits per heavy atom. The van der Waals surface area contributed by atoms with Gasteiger partial charge in [0.15, 0.2) is 0 Å². The highest BCUT2D eigenvalue weighted by Gasteiger charge is 2.04. The first-order valence-electron chi connectivity index (χ1n) is 5.34. The molecule has 0 radical (unpaired) electrons. The molecule has 2 aromatic rings. The molecule has 0 atom stereocenters. The van der Waals surface area contributed by atoms with E-state index < -0.39 is 5.97 Å². The molecule has 7 heteroatoms. The van der Waals surface area contributed by atoms with Crippen LogP contribution in [-0.4, -0.2) is 26.0 Å². The van der Waals surface area contributed by atoms with Crippen molar-refractivity contribution >= 4 is 11.9 Å². The molecular weight excluding hydrogens is 246 g/mol. The van der Waals surface area contributed by atoms with Crippen molar-refractivity contribution in [3.63, 3.8) is 0 Å². The maximum absolute atomic E-state index is 10.6. The quantitative estimate of drug-likeness (QED) is 0.839. The van der Waals surface area contributed by atoms with Crippen molar-refractivity contribution < 1.29 is 9.90 Å². The Kier molecular flexibility index (Phi) is 3.64. The molecule has 0 spiro atoms. The molecule has 2 rings (SSSR count). The average Bonchev–Trinajstić information content (AvgIpc) is 2.46. The van der Waals surface area contributed by atoms with Crippen LogP contribution in [0.15, 0.2) is 30.6 Å². The van der Waals surface area contributed by atoms with Crippen LogP contribution in [0.3, 0.4) is 0 Å². The zero-order valence-electron chi connectivity index (χ0n) is 9.74. The fraction of sp³-hybridized carbons (Fsp3) is 0.0833. The van der Waals surface area contributed by atoms with Crippen LogP contribution >= 0.6 is 0 Å². The molecular formula is C12H9N5O2. The third-order valence-electron chi connectivity index (χ3n) is 2.26.